The maximum absolute atomic E-state index is 12.3. The number of ketones is 1. The van der Waals surface area contributed by atoms with Gasteiger partial charge in [-0.05, 0) is 12.8 Å². The van der Waals surface area contributed by atoms with Crippen molar-refractivity contribution < 1.29 is 19.5 Å². The lowest BCUT2D eigenvalue weighted by Crippen LogP contribution is -2.62. The summed E-state index contributed by atoms with van der Waals surface area (Å²) in [6.45, 7) is 1.42. The number of amides is 1. The highest BCUT2D eigenvalue weighted by atomic mass is 32.2. The Bertz CT molecular complexity index is 416. The van der Waals surface area contributed by atoms with Crippen LogP contribution in [0.1, 0.15) is 19.8 Å². The van der Waals surface area contributed by atoms with Crippen LogP contribution < -0.4 is 5.73 Å². The summed E-state index contributed by atoms with van der Waals surface area (Å²) >= 11 is 0.551. The fourth-order valence-electron chi connectivity index (χ4n) is 2.32. The molecule has 1 heterocycles. The van der Waals surface area contributed by atoms with Crippen molar-refractivity contribution in [3.05, 3.63) is 4.91 Å². The minimum Gasteiger partial charge on any atom is -0.479 e. The number of likely N-dealkylation sites (tertiary alicyclic amines) is 1. The van der Waals surface area contributed by atoms with Crippen molar-refractivity contribution in [1.82, 2.24) is 4.90 Å². The smallest absolute Gasteiger partial charge is 0.337 e. The zero-order chi connectivity index (χ0) is 14.6. The third-order valence-corrected chi connectivity index (χ3v) is 3.78. The number of nitrogens with two attached hydrogens (primary N) is 1. The van der Waals surface area contributed by atoms with Crippen LogP contribution in [-0.2, 0) is 14.4 Å². The summed E-state index contributed by atoms with van der Waals surface area (Å²) in [5.41, 5.74) is 3.69. The van der Waals surface area contributed by atoms with E-state index in [4.69, 9.17) is 5.73 Å². The van der Waals surface area contributed by atoms with E-state index in [1.165, 1.54) is 6.92 Å². The van der Waals surface area contributed by atoms with Crippen LogP contribution in [0.3, 0.4) is 0 Å². The summed E-state index contributed by atoms with van der Waals surface area (Å²) in [6, 6.07) is -1.15. The van der Waals surface area contributed by atoms with Crippen LogP contribution in [0.15, 0.2) is 4.58 Å². The normalized spacial score (nSPS) is 24.0. The Balaban J connectivity index is 3.06. The monoisotopic (exact) mass is 289 g/mol. The molecule has 2 atom stereocenters. The van der Waals surface area contributed by atoms with Gasteiger partial charge < -0.3 is 15.7 Å². The molecule has 1 aliphatic heterocycles. The molecular weight excluding hydrogens is 274 g/mol. The Kier molecular flexibility index (Phi) is 5.01. The van der Waals surface area contributed by atoms with E-state index in [2.05, 4.69) is 4.58 Å². The summed E-state index contributed by atoms with van der Waals surface area (Å²) in [7, 11) is 0. The Morgan fingerprint density at radius 3 is 2.63 bits per heavy atom. The first-order chi connectivity index (χ1) is 8.87. The molecule has 19 heavy (non-hydrogen) atoms. The van der Waals surface area contributed by atoms with Crippen LogP contribution in [0, 0.1) is 4.91 Å². The average Bonchev–Trinajstić information content (AvgIpc) is 2.80. The first-order valence-corrected chi connectivity index (χ1v) is 6.58. The van der Waals surface area contributed by atoms with E-state index in [0.717, 1.165) is 4.90 Å². The largest absolute Gasteiger partial charge is 0.479 e. The van der Waals surface area contributed by atoms with E-state index in [0.29, 0.717) is 18.4 Å². The van der Waals surface area contributed by atoms with Gasteiger partial charge in [-0.3, -0.25) is 9.59 Å². The average molecular weight is 289 g/mol. The first-order valence-electron chi connectivity index (χ1n) is 5.64. The van der Waals surface area contributed by atoms with E-state index >= 15 is 0 Å². The van der Waals surface area contributed by atoms with Crippen molar-refractivity contribution in [3.63, 3.8) is 0 Å². The summed E-state index contributed by atoms with van der Waals surface area (Å²) in [4.78, 5) is 46.3. The molecule has 8 nitrogen and oxygen atoms in total. The van der Waals surface area contributed by atoms with E-state index in [9.17, 15) is 24.4 Å². The van der Waals surface area contributed by atoms with Crippen LogP contribution in [0.2, 0.25) is 0 Å². The quantitative estimate of drug-likeness (QED) is 0.392. The molecule has 0 aliphatic carbocycles. The Labute approximate surface area is 113 Å². The number of nitrogens with zero attached hydrogens (tertiary/aromatic N) is 2. The van der Waals surface area contributed by atoms with Crippen LogP contribution in [0.25, 0.3) is 0 Å². The van der Waals surface area contributed by atoms with Crippen LogP contribution in [-0.4, -0.2) is 51.5 Å². The van der Waals surface area contributed by atoms with Gasteiger partial charge in [0.05, 0.1) is 6.04 Å². The highest BCUT2D eigenvalue weighted by Crippen LogP contribution is 2.32. The molecule has 1 amide bonds. The molecule has 0 unspecified atom stereocenters. The lowest BCUT2D eigenvalue weighted by Gasteiger charge is -2.34. The zero-order valence-electron chi connectivity index (χ0n) is 10.4. The van der Waals surface area contributed by atoms with E-state index in [-0.39, 0.29) is 18.7 Å². The lowest BCUT2D eigenvalue weighted by atomic mass is 9.87. The second-order valence-corrected chi connectivity index (χ2v) is 5.02. The van der Waals surface area contributed by atoms with Crippen molar-refractivity contribution in [2.24, 2.45) is 10.3 Å². The highest BCUT2D eigenvalue weighted by Gasteiger charge is 2.56. The van der Waals surface area contributed by atoms with Crippen LogP contribution in [0.5, 0.6) is 0 Å². The topological polar surface area (TPSA) is 130 Å². The number of aliphatic carboxylic acids is 1. The molecule has 0 saturated carbocycles. The SMILES string of the molecule is CC(=O)N1CCC[C@]1(C(=O)O)C(=O)[C@H](N)CSN=O. The number of carbonyl (C=O) groups is 3. The number of carboxylic acids is 1. The molecule has 106 valence electrons. The van der Waals surface area contributed by atoms with Crippen LogP contribution >= 0.6 is 11.9 Å². The molecule has 1 fully saturated rings. The number of hydrogen-bond donors (Lipinski definition) is 2. The molecule has 1 saturated heterocycles. The van der Waals surface area contributed by atoms with Gasteiger partial charge in [0.15, 0.2) is 5.78 Å². The van der Waals surface area contributed by atoms with Gasteiger partial charge in [0.1, 0.15) is 0 Å². The molecule has 0 aromatic rings. The molecular formula is C10H15N3O5S. The van der Waals surface area contributed by atoms with Crippen LogP contribution in [0.4, 0.5) is 0 Å². The van der Waals surface area contributed by atoms with Gasteiger partial charge in [0.2, 0.25) is 11.4 Å². The molecule has 0 bridgehead atoms. The van der Waals surface area contributed by atoms with Crippen molar-refractivity contribution in [2.75, 3.05) is 12.3 Å². The number of rotatable bonds is 6. The van der Waals surface area contributed by atoms with Gasteiger partial charge in [-0.1, -0.05) is 0 Å². The van der Waals surface area contributed by atoms with Gasteiger partial charge in [-0.2, -0.15) is 0 Å². The minimum absolute atomic E-state index is 0.0353. The van der Waals surface area contributed by atoms with Gasteiger partial charge in [0.25, 0.3) is 0 Å². The predicted octanol–water partition coefficient (Wildman–Crippen LogP) is -0.237. The first kappa shape index (κ1) is 15.6. The summed E-state index contributed by atoms with van der Waals surface area (Å²) in [6.07, 6.45) is 0.455. The molecule has 1 rings (SSSR count). The zero-order valence-corrected chi connectivity index (χ0v) is 11.2. The van der Waals surface area contributed by atoms with Crippen molar-refractivity contribution >= 4 is 29.6 Å². The van der Waals surface area contributed by atoms with Gasteiger partial charge in [-0.25, -0.2) is 4.79 Å². The summed E-state index contributed by atoms with van der Waals surface area (Å²) in [5.74, 6) is -2.74. The second kappa shape index (κ2) is 6.11. The van der Waals surface area contributed by atoms with Gasteiger partial charge in [0, 0.05) is 35.8 Å². The van der Waals surface area contributed by atoms with Crippen molar-refractivity contribution in [3.8, 4) is 0 Å². The molecule has 9 heteroatoms. The number of hydrogen-bond acceptors (Lipinski definition) is 7. The number of carboxylic acid groups (broad SMARTS) is 1. The fourth-order valence-corrected chi connectivity index (χ4v) is 2.69. The van der Waals surface area contributed by atoms with Gasteiger partial charge in [-0.15, -0.1) is 4.91 Å². The third kappa shape index (κ3) is 2.76. The Morgan fingerprint density at radius 2 is 2.16 bits per heavy atom. The second-order valence-electron chi connectivity index (χ2n) is 4.28. The fraction of sp³-hybridized carbons (Fsp3) is 0.700. The molecule has 0 aromatic heterocycles. The van der Waals surface area contributed by atoms with Crippen molar-refractivity contribution in [1.29, 1.82) is 0 Å². The molecule has 0 radical (unpaired) electrons. The summed E-state index contributed by atoms with van der Waals surface area (Å²) < 4.78 is 2.51. The standard InChI is InChI=1S/C10H15N3O5S/c1-6(14)13-4-2-3-10(13,9(16)17)8(15)7(11)5-19-12-18/h7H,2-5,11H2,1H3,(H,16,17)/t7-,10-/m1/s1. The van der Waals surface area contributed by atoms with E-state index < -0.39 is 29.2 Å². The van der Waals surface area contributed by atoms with E-state index in [1.807, 2.05) is 0 Å². The third-order valence-electron chi connectivity index (χ3n) is 3.17. The Hall–Kier alpha value is -1.48. The minimum atomic E-state index is -1.91. The number of nitroso groups, excluding NO2 is 1. The Morgan fingerprint density at radius 1 is 1.53 bits per heavy atom. The maximum Gasteiger partial charge on any atom is 0.337 e. The molecule has 0 aromatic carbocycles. The highest BCUT2D eigenvalue weighted by molar-refractivity contribution is 7.97. The number of carbonyl (C=O) groups excluding carboxylic acids is 2. The molecule has 1 aliphatic rings. The summed E-state index contributed by atoms with van der Waals surface area (Å²) in [5, 5.41) is 9.37. The number of Topliss-reactive ketones (excluding diaryl/α,β-unsaturated/α-hetero) is 1. The predicted molar refractivity (Wildman–Crippen MR) is 68.2 cm³/mol. The maximum atomic E-state index is 12.3. The van der Waals surface area contributed by atoms with Gasteiger partial charge >= 0.3 is 5.97 Å². The van der Waals surface area contributed by atoms with Crippen molar-refractivity contribution in [2.45, 2.75) is 31.3 Å². The lowest BCUT2D eigenvalue weighted by molar-refractivity contribution is -0.161. The van der Waals surface area contributed by atoms with E-state index in [1.54, 1.807) is 0 Å². The molecule has 0 spiro atoms. The molecule has 3 N–H and O–H groups in total.